The fourth-order valence-corrected chi connectivity index (χ4v) is 3.89. The molecule has 2 aliphatic rings. The quantitative estimate of drug-likeness (QED) is 0.776. The van der Waals surface area contributed by atoms with Gasteiger partial charge in [-0.1, -0.05) is 37.1 Å². The van der Waals surface area contributed by atoms with Crippen molar-refractivity contribution in [3.05, 3.63) is 35.4 Å². The second kappa shape index (κ2) is 7.99. The van der Waals surface area contributed by atoms with E-state index in [1.807, 2.05) is 24.3 Å². The summed E-state index contributed by atoms with van der Waals surface area (Å²) in [6.45, 7) is 1.42. The predicted octanol–water partition coefficient (Wildman–Crippen LogP) is 2.51. The van der Waals surface area contributed by atoms with Gasteiger partial charge in [-0.3, -0.25) is 0 Å². The second-order valence-corrected chi connectivity index (χ2v) is 7.05. The van der Waals surface area contributed by atoms with Gasteiger partial charge in [-0.15, -0.1) is 0 Å². The Bertz CT molecular complexity index is 538. The van der Waals surface area contributed by atoms with Crippen molar-refractivity contribution in [2.45, 2.75) is 63.2 Å². The zero-order chi connectivity index (χ0) is 16.8. The number of urea groups is 1. The standard InChI is InChI=1S/C19H28N2O3/c22-14-16-5-3-15(4-6-16)7-11-20-18(23)21-17-8-12-24-19(13-17)9-1-2-10-19/h3-6,17,22H,1-2,7-14H2,(H2,20,21,23). The van der Waals surface area contributed by atoms with Gasteiger partial charge >= 0.3 is 6.03 Å². The van der Waals surface area contributed by atoms with Gasteiger partial charge in [-0.2, -0.15) is 0 Å². The van der Waals surface area contributed by atoms with Crippen molar-refractivity contribution < 1.29 is 14.6 Å². The van der Waals surface area contributed by atoms with Crippen molar-refractivity contribution in [2.24, 2.45) is 0 Å². The Morgan fingerprint density at radius 2 is 1.92 bits per heavy atom. The summed E-state index contributed by atoms with van der Waals surface area (Å²) in [5.41, 5.74) is 2.10. The average molecular weight is 332 g/mol. The Hall–Kier alpha value is -1.59. The van der Waals surface area contributed by atoms with Crippen LogP contribution in [0.5, 0.6) is 0 Å². The van der Waals surface area contributed by atoms with Crippen molar-refractivity contribution in [3.63, 3.8) is 0 Å². The molecule has 5 nitrogen and oxygen atoms in total. The molecule has 5 heteroatoms. The second-order valence-electron chi connectivity index (χ2n) is 7.05. The number of hydrogen-bond donors (Lipinski definition) is 3. The third-order valence-electron chi connectivity index (χ3n) is 5.25. The Kier molecular flexibility index (Phi) is 5.74. The van der Waals surface area contributed by atoms with Gasteiger partial charge in [0, 0.05) is 19.2 Å². The van der Waals surface area contributed by atoms with E-state index in [-0.39, 0.29) is 24.3 Å². The minimum Gasteiger partial charge on any atom is -0.392 e. The number of rotatable bonds is 5. The van der Waals surface area contributed by atoms with E-state index in [9.17, 15) is 4.79 Å². The van der Waals surface area contributed by atoms with Crippen LogP contribution in [0, 0.1) is 0 Å². The number of hydrogen-bond acceptors (Lipinski definition) is 3. The summed E-state index contributed by atoms with van der Waals surface area (Å²) in [5, 5.41) is 15.1. The lowest BCUT2D eigenvalue weighted by Crippen LogP contribution is -2.50. The first-order valence-electron chi connectivity index (χ1n) is 9.06. The molecule has 1 aliphatic heterocycles. The first-order valence-corrected chi connectivity index (χ1v) is 9.06. The van der Waals surface area contributed by atoms with Crippen LogP contribution in [-0.4, -0.2) is 35.9 Å². The van der Waals surface area contributed by atoms with Crippen molar-refractivity contribution in [1.82, 2.24) is 10.6 Å². The molecule has 3 N–H and O–H groups in total. The summed E-state index contributed by atoms with van der Waals surface area (Å²) in [7, 11) is 0. The number of amides is 2. The molecule has 1 spiro atoms. The van der Waals surface area contributed by atoms with E-state index in [2.05, 4.69) is 10.6 Å². The number of ether oxygens (including phenoxy) is 1. The average Bonchev–Trinajstić information content (AvgIpc) is 3.03. The van der Waals surface area contributed by atoms with E-state index in [0.717, 1.165) is 49.8 Å². The van der Waals surface area contributed by atoms with E-state index in [0.29, 0.717) is 6.54 Å². The van der Waals surface area contributed by atoms with Gasteiger partial charge in [-0.05, 0) is 43.2 Å². The highest BCUT2D eigenvalue weighted by atomic mass is 16.5. The van der Waals surface area contributed by atoms with Gasteiger partial charge in [0.2, 0.25) is 0 Å². The van der Waals surface area contributed by atoms with Crippen LogP contribution in [0.25, 0.3) is 0 Å². The van der Waals surface area contributed by atoms with Crippen molar-refractivity contribution in [2.75, 3.05) is 13.2 Å². The van der Waals surface area contributed by atoms with Crippen LogP contribution in [-0.2, 0) is 17.8 Å². The van der Waals surface area contributed by atoms with Gasteiger partial charge in [0.05, 0.1) is 12.2 Å². The molecule has 0 bridgehead atoms. The van der Waals surface area contributed by atoms with Crippen LogP contribution < -0.4 is 10.6 Å². The largest absolute Gasteiger partial charge is 0.392 e. The van der Waals surface area contributed by atoms with Crippen LogP contribution in [0.4, 0.5) is 4.79 Å². The Labute approximate surface area is 143 Å². The summed E-state index contributed by atoms with van der Waals surface area (Å²) < 4.78 is 6.01. The van der Waals surface area contributed by atoms with E-state index in [4.69, 9.17) is 9.84 Å². The fraction of sp³-hybridized carbons (Fsp3) is 0.632. The summed E-state index contributed by atoms with van der Waals surface area (Å²) in [6, 6.07) is 7.96. The highest BCUT2D eigenvalue weighted by Crippen LogP contribution is 2.39. The van der Waals surface area contributed by atoms with E-state index in [1.54, 1.807) is 0 Å². The van der Waals surface area contributed by atoms with E-state index >= 15 is 0 Å². The lowest BCUT2D eigenvalue weighted by atomic mass is 9.89. The molecule has 2 fully saturated rings. The molecule has 1 unspecified atom stereocenters. The molecule has 1 atom stereocenters. The Morgan fingerprint density at radius 3 is 2.62 bits per heavy atom. The maximum absolute atomic E-state index is 12.1. The minimum atomic E-state index is -0.0815. The number of aliphatic hydroxyl groups excluding tert-OH is 1. The maximum Gasteiger partial charge on any atom is 0.315 e. The van der Waals surface area contributed by atoms with Crippen LogP contribution in [0.3, 0.4) is 0 Å². The number of aliphatic hydroxyl groups is 1. The normalized spacial score (nSPS) is 22.5. The van der Waals surface area contributed by atoms with Gasteiger partial charge in [0.15, 0.2) is 0 Å². The topological polar surface area (TPSA) is 70.6 Å². The summed E-state index contributed by atoms with van der Waals surface area (Å²) >= 11 is 0. The number of nitrogens with one attached hydrogen (secondary N) is 2. The predicted molar refractivity (Wildman–Crippen MR) is 92.8 cm³/mol. The molecule has 24 heavy (non-hydrogen) atoms. The highest BCUT2D eigenvalue weighted by Gasteiger charge is 2.40. The summed E-state index contributed by atoms with van der Waals surface area (Å²) in [4.78, 5) is 12.1. The molecule has 1 aliphatic carbocycles. The van der Waals surface area contributed by atoms with E-state index in [1.165, 1.54) is 12.8 Å². The molecule has 1 saturated carbocycles. The van der Waals surface area contributed by atoms with Gasteiger partial charge < -0.3 is 20.5 Å². The number of carbonyl (C=O) groups is 1. The number of carbonyl (C=O) groups excluding carboxylic acids is 1. The van der Waals surface area contributed by atoms with Crippen LogP contribution in [0.15, 0.2) is 24.3 Å². The van der Waals surface area contributed by atoms with Gasteiger partial charge in [-0.25, -0.2) is 4.79 Å². The van der Waals surface area contributed by atoms with Gasteiger partial charge in [0.1, 0.15) is 0 Å². The fourth-order valence-electron chi connectivity index (χ4n) is 3.89. The molecule has 132 valence electrons. The van der Waals surface area contributed by atoms with E-state index < -0.39 is 0 Å². The van der Waals surface area contributed by atoms with Crippen molar-refractivity contribution >= 4 is 6.03 Å². The third kappa shape index (κ3) is 4.48. The number of benzene rings is 1. The lowest BCUT2D eigenvalue weighted by Gasteiger charge is -2.38. The van der Waals surface area contributed by atoms with Crippen LogP contribution >= 0.6 is 0 Å². The smallest absolute Gasteiger partial charge is 0.315 e. The zero-order valence-corrected chi connectivity index (χ0v) is 14.2. The molecule has 1 aromatic carbocycles. The zero-order valence-electron chi connectivity index (χ0n) is 14.2. The van der Waals surface area contributed by atoms with Crippen LogP contribution in [0.2, 0.25) is 0 Å². The highest BCUT2D eigenvalue weighted by molar-refractivity contribution is 5.74. The molecular formula is C19H28N2O3. The monoisotopic (exact) mass is 332 g/mol. The first-order chi connectivity index (χ1) is 11.7. The van der Waals surface area contributed by atoms with Gasteiger partial charge in [0.25, 0.3) is 0 Å². The third-order valence-corrected chi connectivity index (χ3v) is 5.25. The lowest BCUT2D eigenvalue weighted by molar-refractivity contribution is -0.0820. The van der Waals surface area contributed by atoms with Crippen molar-refractivity contribution in [3.8, 4) is 0 Å². The molecule has 1 saturated heterocycles. The maximum atomic E-state index is 12.1. The Balaban J connectivity index is 1.39. The van der Waals surface area contributed by atoms with Crippen LogP contribution in [0.1, 0.15) is 49.7 Å². The summed E-state index contributed by atoms with van der Waals surface area (Å²) in [5.74, 6) is 0. The molecule has 2 amide bonds. The molecular weight excluding hydrogens is 304 g/mol. The molecule has 0 radical (unpaired) electrons. The Morgan fingerprint density at radius 1 is 1.21 bits per heavy atom. The minimum absolute atomic E-state index is 0.0324. The van der Waals surface area contributed by atoms with Crippen molar-refractivity contribution in [1.29, 1.82) is 0 Å². The summed E-state index contributed by atoms with van der Waals surface area (Å²) in [6.07, 6.45) is 7.40. The molecule has 1 aromatic rings. The first kappa shape index (κ1) is 17.2. The SMILES string of the molecule is O=C(NCCc1ccc(CO)cc1)NC1CCOC2(CCCC2)C1. The molecule has 0 aromatic heterocycles. The molecule has 1 heterocycles. The molecule has 3 rings (SSSR count).